The number of pyridine rings is 1. The molecule has 0 bridgehead atoms. The van der Waals surface area contributed by atoms with Crippen LogP contribution in [0.15, 0.2) is 24.5 Å². The highest BCUT2D eigenvalue weighted by molar-refractivity contribution is 5.30. The number of nitrogens with one attached hydrogen (secondary N) is 1. The van der Waals surface area contributed by atoms with Gasteiger partial charge in [-0.3, -0.25) is 0 Å². The maximum Gasteiger partial charge on any atom is 0.153 e. The van der Waals surface area contributed by atoms with Crippen LogP contribution in [0.5, 0.6) is 0 Å². The molecule has 0 radical (unpaired) electrons. The van der Waals surface area contributed by atoms with Crippen molar-refractivity contribution in [2.45, 2.75) is 46.7 Å². The van der Waals surface area contributed by atoms with Gasteiger partial charge in [-0.2, -0.15) is 5.10 Å². The van der Waals surface area contributed by atoms with Crippen LogP contribution in [-0.4, -0.2) is 20.3 Å². The Hall–Kier alpha value is -1.68. The highest BCUT2D eigenvalue weighted by Gasteiger charge is 2.10. The summed E-state index contributed by atoms with van der Waals surface area (Å²) in [6.45, 7) is 11.4. The van der Waals surface area contributed by atoms with Gasteiger partial charge in [-0.15, -0.1) is 0 Å². The van der Waals surface area contributed by atoms with Gasteiger partial charge in [0.05, 0.1) is 6.20 Å². The molecule has 2 aromatic heterocycles. The number of nitrogens with zero attached hydrogens (tertiary/aromatic N) is 3. The smallest absolute Gasteiger partial charge is 0.153 e. The molecule has 2 aromatic rings. The molecule has 0 saturated carbocycles. The zero-order valence-electron chi connectivity index (χ0n) is 12.4. The normalized spacial score (nSPS) is 11.8. The molecule has 0 aliphatic rings. The summed E-state index contributed by atoms with van der Waals surface area (Å²) in [6.07, 6.45) is 3.83. The van der Waals surface area contributed by atoms with Gasteiger partial charge in [0, 0.05) is 24.0 Å². The van der Waals surface area contributed by atoms with Crippen molar-refractivity contribution in [3.63, 3.8) is 0 Å². The lowest BCUT2D eigenvalue weighted by molar-refractivity contribution is 0.424. The molecular weight excluding hydrogens is 236 g/mol. The first kappa shape index (κ1) is 13.7. The zero-order valence-corrected chi connectivity index (χ0v) is 12.4. The average molecular weight is 258 g/mol. The maximum absolute atomic E-state index is 4.53. The minimum Gasteiger partial charge on any atom is -0.308 e. The molecule has 0 saturated heterocycles. The van der Waals surface area contributed by atoms with Crippen LogP contribution >= 0.6 is 0 Å². The molecule has 4 heteroatoms. The highest BCUT2D eigenvalue weighted by Crippen LogP contribution is 2.11. The van der Waals surface area contributed by atoms with E-state index < -0.39 is 0 Å². The van der Waals surface area contributed by atoms with Crippen molar-refractivity contribution in [3.05, 3.63) is 41.3 Å². The van der Waals surface area contributed by atoms with Gasteiger partial charge in [-0.25, -0.2) is 9.67 Å². The largest absolute Gasteiger partial charge is 0.308 e. The number of hydrogen-bond donors (Lipinski definition) is 1. The molecule has 102 valence electrons. The summed E-state index contributed by atoms with van der Waals surface area (Å²) in [7, 11) is 0. The Kier molecular flexibility index (Phi) is 3.71. The summed E-state index contributed by atoms with van der Waals surface area (Å²) >= 11 is 0. The summed E-state index contributed by atoms with van der Waals surface area (Å²) in [5.74, 6) is 0.874. The van der Waals surface area contributed by atoms with Crippen molar-refractivity contribution in [2.24, 2.45) is 0 Å². The van der Waals surface area contributed by atoms with Crippen molar-refractivity contribution in [3.8, 4) is 5.82 Å². The van der Waals surface area contributed by atoms with Crippen LogP contribution in [0.4, 0.5) is 0 Å². The third-order valence-electron chi connectivity index (χ3n) is 2.77. The molecular formula is C15H22N4. The fraction of sp³-hybridized carbons (Fsp3) is 0.467. The molecule has 0 aromatic carbocycles. The number of hydrogen-bond acceptors (Lipinski definition) is 3. The third-order valence-corrected chi connectivity index (χ3v) is 2.77. The van der Waals surface area contributed by atoms with Crippen molar-refractivity contribution in [1.82, 2.24) is 20.1 Å². The Bertz CT molecular complexity index is 564. The summed E-state index contributed by atoms with van der Waals surface area (Å²) < 4.78 is 1.82. The molecule has 0 amide bonds. The predicted octanol–water partition coefficient (Wildman–Crippen LogP) is 2.77. The second kappa shape index (κ2) is 5.13. The molecule has 0 atom stereocenters. The topological polar surface area (TPSA) is 42.7 Å². The van der Waals surface area contributed by atoms with E-state index in [1.807, 2.05) is 30.9 Å². The Morgan fingerprint density at radius 3 is 2.53 bits per heavy atom. The van der Waals surface area contributed by atoms with Crippen LogP contribution in [0.1, 0.15) is 37.6 Å². The lowest BCUT2D eigenvalue weighted by Gasteiger charge is -2.20. The van der Waals surface area contributed by atoms with E-state index in [-0.39, 0.29) is 5.54 Å². The Morgan fingerprint density at radius 1 is 1.21 bits per heavy atom. The molecule has 0 spiro atoms. The molecule has 0 fully saturated rings. The van der Waals surface area contributed by atoms with E-state index in [4.69, 9.17) is 0 Å². The molecule has 0 aliphatic heterocycles. The molecule has 2 heterocycles. The van der Waals surface area contributed by atoms with Gasteiger partial charge in [0.25, 0.3) is 0 Å². The minimum absolute atomic E-state index is 0.111. The van der Waals surface area contributed by atoms with Crippen LogP contribution in [0.3, 0.4) is 0 Å². The lowest BCUT2D eigenvalue weighted by atomic mass is 10.1. The molecule has 4 nitrogen and oxygen atoms in total. The molecule has 19 heavy (non-hydrogen) atoms. The summed E-state index contributed by atoms with van der Waals surface area (Å²) in [4.78, 5) is 4.53. The molecule has 0 aliphatic carbocycles. The predicted molar refractivity (Wildman–Crippen MR) is 77.4 cm³/mol. The summed E-state index contributed by atoms with van der Waals surface area (Å²) in [6, 6.07) is 4.19. The monoisotopic (exact) mass is 258 g/mol. The van der Waals surface area contributed by atoms with E-state index in [0.717, 1.165) is 23.6 Å². The van der Waals surface area contributed by atoms with Crippen LogP contribution < -0.4 is 5.32 Å². The Morgan fingerprint density at radius 2 is 1.95 bits per heavy atom. The molecule has 2 rings (SSSR count). The quantitative estimate of drug-likeness (QED) is 0.920. The first-order valence-electron chi connectivity index (χ1n) is 6.58. The van der Waals surface area contributed by atoms with Crippen LogP contribution in [-0.2, 0) is 6.54 Å². The van der Waals surface area contributed by atoms with Crippen molar-refractivity contribution in [2.75, 3.05) is 0 Å². The van der Waals surface area contributed by atoms with Crippen LogP contribution in [0, 0.1) is 13.8 Å². The zero-order chi connectivity index (χ0) is 14.0. The minimum atomic E-state index is 0.111. The Labute approximate surface area is 114 Å². The number of rotatable bonds is 3. The first-order chi connectivity index (χ1) is 8.83. The SMILES string of the molecule is Cc1cnn(-c2cc(CNC(C)(C)C)cc(C)n2)c1. The van der Waals surface area contributed by atoms with Crippen molar-refractivity contribution in [1.29, 1.82) is 0 Å². The summed E-state index contributed by atoms with van der Waals surface area (Å²) in [5, 5.41) is 7.80. The van der Waals surface area contributed by atoms with Crippen LogP contribution in [0.2, 0.25) is 0 Å². The standard InChI is InChI=1S/C15H22N4/c1-11-8-17-19(10-11)14-7-13(6-12(2)18-14)9-16-15(3,4)5/h6-8,10,16H,9H2,1-5H3. The van der Waals surface area contributed by atoms with Gasteiger partial charge in [-0.05, 0) is 57.9 Å². The summed E-state index contributed by atoms with van der Waals surface area (Å²) in [5.41, 5.74) is 3.49. The van der Waals surface area contributed by atoms with Gasteiger partial charge in [0.15, 0.2) is 5.82 Å². The third kappa shape index (κ3) is 3.89. The second-order valence-electron chi connectivity index (χ2n) is 6.04. The second-order valence-corrected chi connectivity index (χ2v) is 6.04. The van der Waals surface area contributed by atoms with E-state index in [2.05, 4.69) is 48.3 Å². The van der Waals surface area contributed by atoms with E-state index in [1.165, 1.54) is 5.56 Å². The van der Waals surface area contributed by atoms with E-state index in [9.17, 15) is 0 Å². The van der Waals surface area contributed by atoms with E-state index >= 15 is 0 Å². The highest BCUT2D eigenvalue weighted by atomic mass is 15.3. The van der Waals surface area contributed by atoms with Crippen molar-refractivity contribution < 1.29 is 0 Å². The van der Waals surface area contributed by atoms with Gasteiger partial charge < -0.3 is 5.32 Å². The fourth-order valence-electron chi connectivity index (χ4n) is 1.85. The lowest BCUT2D eigenvalue weighted by Crippen LogP contribution is -2.35. The first-order valence-corrected chi connectivity index (χ1v) is 6.58. The maximum atomic E-state index is 4.53. The van der Waals surface area contributed by atoms with Gasteiger partial charge in [0.2, 0.25) is 0 Å². The molecule has 0 unspecified atom stereocenters. The molecule has 1 N–H and O–H groups in total. The van der Waals surface area contributed by atoms with Crippen molar-refractivity contribution >= 4 is 0 Å². The Balaban J connectivity index is 2.25. The fourth-order valence-corrected chi connectivity index (χ4v) is 1.85. The van der Waals surface area contributed by atoms with Gasteiger partial charge in [-0.1, -0.05) is 0 Å². The van der Waals surface area contributed by atoms with Gasteiger partial charge >= 0.3 is 0 Å². The van der Waals surface area contributed by atoms with E-state index in [1.54, 1.807) is 0 Å². The van der Waals surface area contributed by atoms with Gasteiger partial charge in [0.1, 0.15) is 0 Å². The van der Waals surface area contributed by atoms with E-state index in [0.29, 0.717) is 0 Å². The average Bonchev–Trinajstić information content (AvgIpc) is 2.72. The number of aromatic nitrogens is 3. The number of aryl methyl sites for hydroxylation is 2. The van der Waals surface area contributed by atoms with Crippen LogP contribution in [0.25, 0.3) is 5.82 Å².